The second-order valence-corrected chi connectivity index (χ2v) is 6.68. The zero-order valence-electron chi connectivity index (χ0n) is 16.8. The minimum atomic E-state index is -0.601. The Morgan fingerprint density at radius 2 is 1.79 bits per heavy atom. The average molecular weight is 397 g/mol. The molecule has 0 fully saturated rings. The molecule has 7 heteroatoms. The Balaban J connectivity index is 1.84. The first kappa shape index (κ1) is 20.3. The minimum Gasteiger partial charge on any atom is -0.493 e. The van der Waals surface area contributed by atoms with E-state index in [0.29, 0.717) is 28.2 Å². The second-order valence-electron chi connectivity index (χ2n) is 6.68. The van der Waals surface area contributed by atoms with Gasteiger partial charge in [0.15, 0.2) is 11.5 Å². The smallest absolute Gasteiger partial charge is 0.337 e. The van der Waals surface area contributed by atoms with Crippen LogP contribution in [0.15, 0.2) is 51.7 Å². The second kappa shape index (κ2) is 8.68. The van der Waals surface area contributed by atoms with Crippen molar-refractivity contribution in [2.75, 3.05) is 14.2 Å². The van der Waals surface area contributed by atoms with Gasteiger partial charge in [0.1, 0.15) is 11.3 Å². The number of carbonyl (C=O) groups excluding carboxylic acids is 1. The Labute approximate surface area is 168 Å². The van der Waals surface area contributed by atoms with E-state index in [0.717, 1.165) is 5.56 Å². The maximum absolute atomic E-state index is 12.7. The van der Waals surface area contributed by atoms with Gasteiger partial charge >= 0.3 is 5.63 Å². The lowest BCUT2D eigenvalue weighted by Gasteiger charge is -2.12. The zero-order chi connectivity index (χ0) is 21.0. The van der Waals surface area contributed by atoms with Gasteiger partial charge < -0.3 is 23.9 Å². The molecule has 29 heavy (non-hydrogen) atoms. The third kappa shape index (κ3) is 4.68. The number of fused-ring (bicyclic) bond motifs is 1. The number of ether oxygens (including phenoxy) is 3. The summed E-state index contributed by atoms with van der Waals surface area (Å²) in [5, 5.41) is 3.36. The van der Waals surface area contributed by atoms with Crippen LogP contribution < -0.4 is 25.2 Å². The van der Waals surface area contributed by atoms with Crippen molar-refractivity contribution in [3.8, 4) is 17.2 Å². The van der Waals surface area contributed by atoms with Gasteiger partial charge in [-0.1, -0.05) is 6.07 Å². The number of benzene rings is 2. The predicted molar refractivity (Wildman–Crippen MR) is 109 cm³/mol. The van der Waals surface area contributed by atoms with Crippen molar-refractivity contribution in [3.05, 3.63) is 64.0 Å². The summed E-state index contributed by atoms with van der Waals surface area (Å²) in [7, 11) is 3.11. The topological polar surface area (TPSA) is 87.0 Å². The molecular weight excluding hydrogens is 374 g/mol. The molecule has 2 aromatic carbocycles. The summed E-state index contributed by atoms with van der Waals surface area (Å²) in [5.41, 5.74) is 0.770. The summed E-state index contributed by atoms with van der Waals surface area (Å²) < 4.78 is 21.4. The fourth-order valence-electron chi connectivity index (χ4n) is 2.94. The van der Waals surface area contributed by atoms with Crippen LogP contribution in [0.25, 0.3) is 11.0 Å². The van der Waals surface area contributed by atoms with Gasteiger partial charge in [0, 0.05) is 24.1 Å². The molecule has 152 valence electrons. The predicted octanol–water partition coefficient (Wildman–Crippen LogP) is 3.53. The van der Waals surface area contributed by atoms with Gasteiger partial charge in [-0.2, -0.15) is 0 Å². The van der Waals surface area contributed by atoms with Crippen LogP contribution >= 0.6 is 0 Å². The Morgan fingerprint density at radius 1 is 1.03 bits per heavy atom. The summed E-state index contributed by atoms with van der Waals surface area (Å²) in [6.07, 6.45) is -0.0212. The molecule has 1 heterocycles. The highest BCUT2D eigenvalue weighted by molar-refractivity contribution is 6.05. The molecule has 7 nitrogen and oxygen atoms in total. The lowest BCUT2D eigenvalue weighted by atomic mass is 10.1. The van der Waals surface area contributed by atoms with Gasteiger partial charge in [0.05, 0.1) is 25.9 Å². The monoisotopic (exact) mass is 397 g/mol. The highest BCUT2D eigenvalue weighted by Gasteiger charge is 2.15. The van der Waals surface area contributed by atoms with Crippen molar-refractivity contribution in [1.29, 1.82) is 0 Å². The van der Waals surface area contributed by atoms with E-state index in [9.17, 15) is 9.59 Å². The molecule has 1 N–H and O–H groups in total. The van der Waals surface area contributed by atoms with Gasteiger partial charge in [0.2, 0.25) is 0 Å². The van der Waals surface area contributed by atoms with Crippen molar-refractivity contribution >= 4 is 16.9 Å². The standard InChI is InChI=1S/C22H23NO6/c1-13(2)28-15-6-7-16-17(11-21(24)29-19(16)10-15)22(25)23-12-14-5-8-18(26-3)20(9-14)27-4/h5-11,13H,12H2,1-4H3,(H,23,25). The lowest BCUT2D eigenvalue weighted by molar-refractivity contribution is 0.0952. The number of amides is 1. The molecule has 0 saturated heterocycles. The number of carbonyl (C=O) groups is 1. The fraction of sp³-hybridized carbons (Fsp3) is 0.273. The first-order valence-corrected chi connectivity index (χ1v) is 9.15. The highest BCUT2D eigenvalue weighted by Crippen LogP contribution is 2.28. The minimum absolute atomic E-state index is 0.0212. The molecule has 0 bridgehead atoms. The first-order valence-electron chi connectivity index (χ1n) is 9.15. The summed E-state index contributed by atoms with van der Waals surface area (Å²) in [6.45, 7) is 4.06. The molecular formula is C22H23NO6. The number of methoxy groups -OCH3 is 2. The maximum atomic E-state index is 12.7. The Kier molecular flexibility index (Phi) is 6.07. The van der Waals surface area contributed by atoms with Crippen molar-refractivity contribution in [1.82, 2.24) is 5.32 Å². The first-order chi connectivity index (χ1) is 13.9. The molecule has 1 amide bonds. The SMILES string of the molecule is COc1ccc(CNC(=O)c2cc(=O)oc3cc(OC(C)C)ccc23)cc1OC. The molecule has 3 aromatic rings. The lowest BCUT2D eigenvalue weighted by Crippen LogP contribution is -2.24. The normalized spacial score (nSPS) is 10.8. The van der Waals surface area contributed by atoms with Gasteiger partial charge in [0.25, 0.3) is 5.91 Å². The van der Waals surface area contributed by atoms with Crippen LogP contribution in [0.1, 0.15) is 29.8 Å². The maximum Gasteiger partial charge on any atom is 0.337 e. The van der Waals surface area contributed by atoms with Crippen LogP contribution in [0, 0.1) is 0 Å². The summed E-state index contributed by atoms with van der Waals surface area (Å²) in [6, 6.07) is 11.6. The number of nitrogens with one attached hydrogen (secondary N) is 1. The van der Waals surface area contributed by atoms with Crippen LogP contribution in [0.2, 0.25) is 0 Å². The molecule has 0 radical (unpaired) electrons. The fourth-order valence-corrected chi connectivity index (χ4v) is 2.94. The number of hydrogen-bond donors (Lipinski definition) is 1. The Morgan fingerprint density at radius 3 is 2.48 bits per heavy atom. The van der Waals surface area contributed by atoms with Crippen LogP contribution in [0.3, 0.4) is 0 Å². The Hall–Kier alpha value is -3.48. The third-order valence-corrected chi connectivity index (χ3v) is 4.23. The molecule has 0 saturated carbocycles. The van der Waals surface area contributed by atoms with Gasteiger partial charge in [-0.15, -0.1) is 0 Å². The van der Waals surface area contributed by atoms with Gasteiger partial charge in [-0.3, -0.25) is 4.79 Å². The van der Waals surface area contributed by atoms with E-state index in [1.807, 2.05) is 19.9 Å². The molecule has 0 spiro atoms. The largest absolute Gasteiger partial charge is 0.493 e. The molecule has 0 atom stereocenters. The Bertz CT molecular complexity index is 1090. The summed E-state index contributed by atoms with van der Waals surface area (Å²) >= 11 is 0. The number of rotatable bonds is 7. The zero-order valence-corrected chi connectivity index (χ0v) is 16.8. The molecule has 0 unspecified atom stereocenters. The molecule has 0 aliphatic rings. The van der Waals surface area contributed by atoms with Crippen molar-refractivity contribution < 1.29 is 23.4 Å². The van der Waals surface area contributed by atoms with E-state index in [1.165, 1.54) is 6.07 Å². The van der Waals surface area contributed by atoms with E-state index in [-0.39, 0.29) is 24.1 Å². The van der Waals surface area contributed by atoms with E-state index < -0.39 is 5.63 Å². The van der Waals surface area contributed by atoms with Gasteiger partial charge in [-0.05, 0) is 43.7 Å². The van der Waals surface area contributed by atoms with E-state index in [1.54, 1.807) is 44.6 Å². The molecule has 0 aliphatic carbocycles. The van der Waals surface area contributed by atoms with Gasteiger partial charge in [-0.25, -0.2) is 4.79 Å². The van der Waals surface area contributed by atoms with Crippen molar-refractivity contribution in [2.45, 2.75) is 26.5 Å². The van der Waals surface area contributed by atoms with E-state index in [4.69, 9.17) is 18.6 Å². The van der Waals surface area contributed by atoms with Crippen LogP contribution in [-0.4, -0.2) is 26.2 Å². The van der Waals surface area contributed by atoms with E-state index >= 15 is 0 Å². The quantitative estimate of drug-likeness (QED) is 0.614. The molecule has 3 rings (SSSR count). The van der Waals surface area contributed by atoms with Crippen molar-refractivity contribution in [3.63, 3.8) is 0 Å². The number of hydrogen-bond acceptors (Lipinski definition) is 6. The molecule has 0 aliphatic heterocycles. The third-order valence-electron chi connectivity index (χ3n) is 4.23. The van der Waals surface area contributed by atoms with Crippen LogP contribution in [0.4, 0.5) is 0 Å². The summed E-state index contributed by atoms with van der Waals surface area (Å²) in [5.74, 6) is 1.37. The van der Waals surface area contributed by atoms with E-state index in [2.05, 4.69) is 5.32 Å². The molecule has 1 aromatic heterocycles. The van der Waals surface area contributed by atoms with Crippen LogP contribution in [-0.2, 0) is 6.54 Å². The average Bonchev–Trinajstić information content (AvgIpc) is 2.70. The van der Waals surface area contributed by atoms with Crippen molar-refractivity contribution in [2.24, 2.45) is 0 Å². The highest BCUT2D eigenvalue weighted by atomic mass is 16.5. The van der Waals surface area contributed by atoms with Crippen LogP contribution in [0.5, 0.6) is 17.2 Å². The summed E-state index contributed by atoms with van der Waals surface area (Å²) in [4.78, 5) is 24.7.